The van der Waals surface area contributed by atoms with Gasteiger partial charge >= 0.3 is 5.97 Å². The number of imide groups is 1. The smallest absolute Gasteiger partial charge is 0.338 e. The first-order chi connectivity index (χ1) is 10.5. The molecule has 22 heavy (non-hydrogen) atoms. The van der Waals surface area contributed by atoms with Gasteiger partial charge in [0.15, 0.2) is 0 Å². The number of hydrogen-bond donors (Lipinski definition) is 0. The molecule has 1 fully saturated rings. The van der Waals surface area contributed by atoms with Gasteiger partial charge in [0, 0.05) is 6.42 Å². The fourth-order valence-corrected chi connectivity index (χ4v) is 2.40. The van der Waals surface area contributed by atoms with Crippen molar-refractivity contribution in [3.05, 3.63) is 48.0 Å². The fraction of sp³-hybridized carbons (Fsp3) is 0.353. The number of carbonyl (C=O) groups excluding carboxylic acids is 3. The highest BCUT2D eigenvalue weighted by atomic mass is 16.5. The van der Waals surface area contributed by atoms with Crippen LogP contribution in [-0.2, 0) is 14.3 Å². The zero-order valence-corrected chi connectivity index (χ0v) is 12.7. The minimum atomic E-state index is -0.551. The SMILES string of the molecule is C/C=C/C1CC(=O)N(CC(C)OC(=O)c2ccccc2)C1=O. The summed E-state index contributed by atoms with van der Waals surface area (Å²) < 4.78 is 5.29. The quantitative estimate of drug-likeness (QED) is 0.475. The average molecular weight is 301 g/mol. The van der Waals surface area contributed by atoms with Crippen LogP contribution >= 0.6 is 0 Å². The standard InChI is InChI=1S/C17H19NO4/c1-3-7-14-10-15(19)18(16(14)20)11-12(2)22-17(21)13-8-5-4-6-9-13/h3-9,12,14H,10-11H2,1-2H3/b7-3+. The number of rotatable bonds is 5. The van der Waals surface area contributed by atoms with Gasteiger partial charge in [-0.15, -0.1) is 0 Å². The van der Waals surface area contributed by atoms with Crippen LogP contribution < -0.4 is 0 Å². The zero-order valence-electron chi connectivity index (χ0n) is 12.7. The number of nitrogens with zero attached hydrogens (tertiary/aromatic N) is 1. The Labute approximate surface area is 129 Å². The van der Waals surface area contributed by atoms with Gasteiger partial charge in [-0.05, 0) is 26.0 Å². The topological polar surface area (TPSA) is 63.7 Å². The second-order valence-corrected chi connectivity index (χ2v) is 5.26. The van der Waals surface area contributed by atoms with Gasteiger partial charge in [-0.25, -0.2) is 4.79 Å². The van der Waals surface area contributed by atoms with Crippen molar-refractivity contribution in [3.63, 3.8) is 0 Å². The molecule has 0 saturated carbocycles. The Balaban J connectivity index is 1.95. The van der Waals surface area contributed by atoms with Crippen LogP contribution in [0.25, 0.3) is 0 Å². The Morgan fingerprint density at radius 1 is 1.36 bits per heavy atom. The first-order valence-corrected chi connectivity index (χ1v) is 7.26. The number of benzene rings is 1. The van der Waals surface area contributed by atoms with Crippen molar-refractivity contribution in [2.45, 2.75) is 26.4 Å². The highest BCUT2D eigenvalue weighted by Crippen LogP contribution is 2.21. The molecule has 0 spiro atoms. The zero-order chi connectivity index (χ0) is 16.1. The molecule has 1 aromatic carbocycles. The van der Waals surface area contributed by atoms with Crippen LogP contribution in [-0.4, -0.2) is 35.3 Å². The van der Waals surface area contributed by atoms with E-state index in [2.05, 4.69) is 0 Å². The number of carbonyl (C=O) groups is 3. The largest absolute Gasteiger partial charge is 0.457 e. The van der Waals surface area contributed by atoms with Gasteiger partial charge in [0.25, 0.3) is 0 Å². The Bertz CT molecular complexity index is 594. The van der Waals surface area contributed by atoms with E-state index in [9.17, 15) is 14.4 Å². The van der Waals surface area contributed by atoms with E-state index in [1.165, 1.54) is 4.90 Å². The first-order valence-electron chi connectivity index (χ1n) is 7.26. The van der Waals surface area contributed by atoms with Gasteiger partial charge in [0.2, 0.25) is 11.8 Å². The molecular formula is C17H19NO4. The van der Waals surface area contributed by atoms with Crippen molar-refractivity contribution in [3.8, 4) is 0 Å². The van der Waals surface area contributed by atoms with E-state index in [0.29, 0.717) is 5.56 Å². The summed E-state index contributed by atoms with van der Waals surface area (Å²) in [5.74, 6) is -1.31. The van der Waals surface area contributed by atoms with Crippen LogP contribution in [0.1, 0.15) is 30.6 Å². The number of ether oxygens (including phenoxy) is 1. The predicted octanol–water partition coefficient (Wildman–Crippen LogP) is 2.18. The molecule has 0 N–H and O–H groups in total. The van der Waals surface area contributed by atoms with Crippen molar-refractivity contribution in [2.24, 2.45) is 5.92 Å². The summed E-state index contributed by atoms with van der Waals surface area (Å²) in [5, 5.41) is 0. The molecule has 0 aromatic heterocycles. The minimum Gasteiger partial charge on any atom is -0.457 e. The Morgan fingerprint density at radius 2 is 2.05 bits per heavy atom. The van der Waals surface area contributed by atoms with E-state index in [1.807, 2.05) is 13.0 Å². The Kier molecular flexibility index (Phi) is 5.09. The lowest BCUT2D eigenvalue weighted by Crippen LogP contribution is -2.38. The van der Waals surface area contributed by atoms with Crippen LogP contribution in [0, 0.1) is 5.92 Å². The molecule has 2 unspecified atom stereocenters. The summed E-state index contributed by atoms with van der Waals surface area (Å²) in [4.78, 5) is 37.1. The highest BCUT2D eigenvalue weighted by Gasteiger charge is 2.37. The molecule has 1 aliphatic heterocycles. The summed E-state index contributed by atoms with van der Waals surface area (Å²) in [6, 6.07) is 8.61. The van der Waals surface area contributed by atoms with Crippen LogP contribution in [0.2, 0.25) is 0 Å². The number of amides is 2. The van der Waals surface area contributed by atoms with Gasteiger partial charge in [-0.1, -0.05) is 30.4 Å². The summed E-state index contributed by atoms with van der Waals surface area (Å²) in [7, 11) is 0. The summed E-state index contributed by atoms with van der Waals surface area (Å²) in [6.45, 7) is 3.57. The normalized spacial score (nSPS) is 19.7. The third-order valence-electron chi connectivity index (χ3n) is 3.46. The maximum absolute atomic E-state index is 12.1. The molecular weight excluding hydrogens is 282 g/mol. The molecule has 1 saturated heterocycles. The summed E-state index contributed by atoms with van der Waals surface area (Å²) >= 11 is 0. The molecule has 0 radical (unpaired) electrons. The Morgan fingerprint density at radius 3 is 2.68 bits per heavy atom. The fourth-order valence-electron chi connectivity index (χ4n) is 2.40. The lowest BCUT2D eigenvalue weighted by atomic mass is 10.1. The van der Waals surface area contributed by atoms with E-state index in [0.717, 1.165) is 0 Å². The third-order valence-corrected chi connectivity index (χ3v) is 3.46. The number of likely N-dealkylation sites (tertiary alicyclic amines) is 1. The minimum absolute atomic E-state index is 0.0876. The molecule has 0 aliphatic carbocycles. The molecule has 1 aliphatic rings. The van der Waals surface area contributed by atoms with Gasteiger partial charge in [0.1, 0.15) is 6.10 Å². The van der Waals surface area contributed by atoms with Crippen LogP contribution in [0.3, 0.4) is 0 Å². The molecule has 2 amide bonds. The Hall–Kier alpha value is -2.43. The number of hydrogen-bond acceptors (Lipinski definition) is 4. The van der Waals surface area contributed by atoms with Crippen LogP contribution in [0.15, 0.2) is 42.5 Å². The van der Waals surface area contributed by atoms with E-state index in [4.69, 9.17) is 4.74 Å². The van der Waals surface area contributed by atoms with E-state index < -0.39 is 18.0 Å². The number of esters is 1. The molecule has 1 aromatic rings. The van der Waals surface area contributed by atoms with E-state index >= 15 is 0 Å². The molecule has 1 heterocycles. The highest BCUT2D eigenvalue weighted by molar-refractivity contribution is 6.04. The second-order valence-electron chi connectivity index (χ2n) is 5.26. The molecule has 116 valence electrons. The molecule has 5 nitrogen and oxygen atoms in total. The number of allylic oxidation sites excluding steroid dienone is 1. The lowest BCUT2D eigenvalue weighted by Gasteiger charge is -2.20. The maximum Gasteiger partial charge on any atom is 0.338 e. The van der Waals surface area contributed by atoms with Gasteiger partial charge in [0.05, 0.1) is 18.0 Å². The van der Waals surface area contributed by atoms with Crippen LogP contribution in [0.4, 0.5) is 0 Å². The first kappa shape index (κ1) is 15.9. The summed E-state index contributed by atoms with van der Waals surface area (Å²) in [5.41, 5.74) is 0.445. The van der Waals surface area contributed by atoms with Crippen molar-refractivity contribution in [1.29, 1.82) is 0 Å². The lowest BCUT2D eigenvalue weighted by molar-refractivity contribution is -0.140. The van der Waals surface area contributed by atoms with Gasteiger partial charge < -0.3 is 4.74 Å². The monoisotopic (exact) mass is 301 g/mol. The van der Waals surface area contributed by atoms with Gasteiger partial charge in [-0.3, -0.25) is 14.5 Å². The van der Waals surface area contributed by atoms with Crippen LogP contribution in [0.5, 0.6) is 0 Å². The van der Waals surface area contributed by atoms with Crippen molar-refractivity contribution >= 4 is 17.8 Å². The van der Waals surface area contributed by atoms with Crippen molar-refractivity contribution in [1.82, 2.24) is 4.90 Å². The van der Waals surface area contributed by atoms with Gasteiger partial charge in [-0.2, -0.15) is 0 Å². The second kappa shape index (κ2) is 7.02. The average Bonchev–Trinajstić information content (AvgIpc) is 2.76. The predicted molar refractivity (Wildman–Crippen MR) is 81.0 cm³/mol. The summed E-state index contributed by atoms with van der Waals surface area (Å²) in [6.07, 6.45) is 3.12. The maximum atomic E-state index is 12.1. The molecule has 5 heteroatoms. The third kappa shape index (κ3) is 3.61. The van der Waals surface area contributed by atoms with Crippen molar-refractivity contribution < 1.29 is 19.1 Å². The van der Waals surface area contributed by atoms with Crippen molar-refractivity contribution in [2.75, 3.05) is 6.54 Å². The molecule has 0 bridgehead atoms. The molecule has 2 rings (SSSR count). The molecule has 2 atom stereocenters. The van der Waals surface area contributed by atoms with E-state index in [1.54, 1.807) is 43.3 Å². The van der Waals surface area contributed by atoms with E-state index in [-0.39, 0.29) is 24.8 Å².